The number of imidazole rings is 1. The molecular formula is C40H40N4O7S. The van der Waals surface area contributed by atoms with Crippen LogP contribution < -0.4 is 19.5 Å². The van der Waals surface area contributed by atoms with Gasteiger partial charge in [0.05, 0.1) is 22.0 Å². The van der Waals surface area contributed by atoms with Gasteiger partial charge in [-0.05, 0) is 80.6 Å². The highest BCUT2D eigenvalue weighted by Crippen LogP contribution is 2.44. The van der Waals surface area contributed by atoms with E-state index in [4.69, 9.17) is 24.0 Å². The van der Waals surface area contributed by atoms with Crippen molar-refractivity contribution in [1.82, 2.24) is 14.9 Å². The van der Waals surface area contributed by atoms with E-state index in [9.17, 15) is 14.7 Å². The second-order valence-electron chi connectivity index (χ2n) is 13.5. The van der Waals surface area contributed by atoms with E-state index in [1.807, 2.05) is 112 Å². The molecule has 12 heteroatoms. The normalized spacial score (nSPS) is 19.0. The van der Waals surface area contributed by atoms with E-state index in [1.165, 1.54) is 0 Å². The lowest BCUT2D eigenvalue weighted by molar-refractivity contribution is -0.118. The molecule has 2 amide bonds. The summed E-state index contributed by atoms with van der Waals surface area (Å²) in [7, 11) is 1.94. The number of imide groups is 1. The number of rotatable bonds is 11. The molecule has 52 heavy (non-hydrogen) atoms. The first-order valence-corrected chi connectivity index (χ1v) is 17.9. The van der Waals surface area contributed by atoms with Crippen LogP contribution in [0.4, 0.5) is 4.79 Å². The van der Waals surface area contributed by atoms with Crippen LogP contribution >= 0.6 is 11.8 Å². The summed E-state index contributed by atoms with van der Waals surface area (Å²) in [4.78, 5) is 34.0. The third-order valence-corrected chi connectivity index (χ3v) is 10.6. The topological polar surface area (TPSA) is 134 Å². The van der Waals surface area contributed by atoms with Gasteiger partial charge in [0, 0.05) is 30.7 Å². The predicted octanol–water partition coefficient (Wildman–Crippen LogP) is 7.22. The van der Waals surface area contributed by atoms with Crippen LogP contribution in [0.1, 0.15) is 52.5 Å². The number of nitrogens with zero attached hydrogens (tertiary/aromatic N) is 3. The highest BCUT2D eigenvalue weighted by atomic mass is 32.2. The number of hydrogen-bond donors (Lipinski definition) is 2. The Balaban J connectivity index is 1.04. The molecule has 0 spiro atoms. The maximum Gasteiger partial charge on any atom is 0.286 e. The molecule has 0 bridgehead atoms. The summed E-state index contributed by atoms with van der Waals surface area (Å²) in [5, 5.41) is 17.1. The Bertz CT molecular complexity index is 2200. The van der Waals surface area contributed by atoms with Crippen molar-refractivity contribution in [3.05, 3.63) is 112 Å². The SMILES string of the molecule is Cc1c(C)c2c(c(C)c1O)C(=NOCc1ccccc1)CC(C)(COc1ccc3nc(COc4ccc(CC5SC(=O)NC5=O)cc4)n(C)c3c1)O2. The molecule has 2 aliphatic rings. The number of fused-ring (bicyclic) bond motifs is 2. The summed E-state index contributed by atoms with van der Waals surface area (Å²) in [6.07, 6.45) is 0.875. The Labute approximate surface area is 305 Å². The monoisotopic (exact) mass is 720 g/mol. The number of hydrogen-bond acceptors (Lipinski definition) is 10. The van der Waals surface area contributed by atoms with Crippen molar-refractivity contribution in [2.45, 2.75) is 64.6 Å². The minimum absolute atomic E-state index is 0.229. The fraction of sp³-hybridized carbons (Fsp3) is 0.300. The molecule has 11 nitrogen and oxygen atoms in total. The molecule has 2 N–H and O–H groups in total. The molecule has 0 aliphatic carbocycles. The van der Waals surface area contributed by atoms with Crippen molar-refractivity contribution in [1.29, 1.82) is 0 Å². The summed E-state index contributed by atoms with van der Waals surface area (Å²) < 4.78 is 21.1. The van der Waals surface area contributed by atoms with E-state index >= 15 is 0 Å². The summed E-state index contributed by atoms with van der Waals surface area (Å²) in [6.45, 7) is 8.50. The molecule has 1 aromatic heterocycles. The molecule has 4 aromatic carbocycles. The number of aryl methyl sites for hydroxylation is 1. The Morgan fingerprint density at radius 2 is 1.71 bits per heavy atom. The van der Waals surface area contributed by atoms with Crippen molar-refractivity contribution in [2.24, 2.45) is 12.2 Å². The van der Waals surface area contributed by atoms with Crippen molar-refractivity contribution in [3.63, 3.8) is 0 Å². The summed E-state index contributed by atoms with van der Waals surface area (Å²) in [6, 6.07) is 23.1. The lowest BCUT2D eigenvalue weighted by atomic mass is 9.86. The van der Waals surface area contributed by atoms with E-state index in [-0.39, 0.29) is 30.1 Å². The number of thioether (sulfide) groups is 1. The average molecular weight is 721 g/mol. The van der Waals surface area contributed by atoms with Crippen LogP contribution in [0.3, 0.4) is 0 Å². The summed E-state index contributed by atoms with van der Waals surface area (Å²) in [5.41, 5.74) is 6.63. The zero-order valence-electron chi connectivity index (χ0n) is 29.7. The molecular weight excluding hydrogens is 681 g/mol. The Morgan fingerprint density at radius 3 is 2.44 bits per heavy atom. The minimum Gasteiger partial charge on any atom is -0.507 e. The lowest BCUT2D eigenvalue weighted by Gasteiger charge is -2.38. The second kappa shape index (κ2) is 14.3. The van der Waals surface area contributed by atoms with E-state index < -0.39 is 10.9 Å². The van der Waals surface area contributed by atoms with Crippen molar-refractivity contribution < 1.29 is 33.7 Å². The van der Waals surface area contributed by atoms with Gasteiger partial charge in [-0.1, -0.05) is 59.4 Å². The van der Waals surface area contributed by atoms with Gasteiger partial charge in [0.15, 0.2) is 0 Å². The molecule has 3 heterocycles. The first-order valence-electron chi connectivity index (χ1n) is 17.0. The Kier molecular flexibility index (Phi) is 9.58. The number of oxime groups is 1. The third-order valence-electron chi connectivity index (χ3n) is 9.61. The van der Waals surface area contributed by atoms with Gasteiger partial charge in [-0.25, -0.2) is 4.98 Å². The average Bonchev–Trinajstić information content (AvgIpc) is 3.63. The predicted molar refractivity (Wildman–Crippen MR) is 199 cm³/mol. The number of aromatic nitrogens is 2. The minimum atomic E-state index is -0.779. The van der Waals surface area contributed by atoms with Crippen LogP contribution in [0.25, 0.3) is 11.0 Å². The van der Waals surface area contributed by atoms with Gasteiger partial charge < -0.3 is 28.7 Å². The first-order chi connectivity index (χ1) is 25.0. The number of ether oxygens (including phenoxy) is 3. The molecule has 268 valence electrons. The van der Waals surface area contributed by atoms with Crippen LogP contribution in [0.5, 0.6) is 23.0 Å². The van der Waals surface area contributed by atoms with Crippen LogP contribution in [0.2, 0.25) is 0 Å². The first kappa shape index (κ1) is 34.9. The van der Waals surface area contributed by atoms with Crippen LogP contribution in [0.15, 0.2) is 78.0 Å². The zero-order chi connectivity index (χ0) is 36.6. The third kappa shape index (κ3) is 7.16. The van der Waals surface area contributed by atoms with Gasteiger partial charge in [-0.15, -0.1) is 0 Å². The highest BCUT2D eigenvalue weighted by Gasteiger charge is 2.40. The van der Waals surface area contributed by atoms with Gasteiger partial charge in [0.25, 0.3) is 5.24 Å². The largest absolute Gasteiger partial charge is 0.507 e. The molecule has 2 unspecified atom stereocenters. The molecule has 1 saturated heterocycles. The standard InChI is InChI=1S/C40H40N4O7S/c1-23-24(2)37-35(25(3)36(23)45)31(43-50-20-27-9-7-6-8-10-27)19-40(4,51-37)22-49-29-15-16-30-32(18-29)44(5)34(41-30)21-48-28-13-11-26(12-14-28)17-33-38(46)42-39(47)52-33/h6-16,18,33,45H,17,19-22H2,1-5H3,(H,42,46,47). The molecule has 2 aliphatic heterocycles. The Hall–Kier alpha value is -5.49. The van der Waals surface area contributed by atoms with E-state index in [1.54, 1.807) is 0 Å². The van der Waals surface area contributed by atoms with E-state index in [0.717, 1.165) is 56.4 Å². The molecule has 5 aromatic rings. The van der Waals surface area contributed by atoms with Crippen LogP contribution in [-0.4, -0.2) is 49.0 Å². The quantitative estimate of drug-likeness (QED) is 0.136. The maximum atomic E-state index is 11.9. The van der Waals surface area contributed by atoms with Crippen molar-refractivity contribution in [3.8, 4) is 23.0 Å². The van der Waals surface area contributed by atoms with Gasteiger partial charge in [0.1, 0.15) is 54.2 Å². The summed E-state index contributed by atoms with van der Waals surface area (Å²) >= 11 is 1.02. The highest BCUT2D eigenvalue weighted by molar-refractivity contribution is 8.15. The van der Waals surface area contributed by atoms with Gasteiger partial charge in [-0.2, -0.15) is 0 Å². The molecule has 7 rings (SSSR count). The Morgan fingerprint density at radius 1 is 0.962 bits per heavy atom. The van der Waals surface area contributed by atoms with Crippen LogP contribution in [0, 0.1) is 20.8 Å². The van der Waals surface area contributed by atoms with Gasteiger partial charge >= 0.3 is 0 Å². The smallest absolute Gasteiger partial charge is 0.286 e. The van der Waals surface area contributed by atoms with Crippen molar-refractivity contribution >= 4 is 39.7 Å². The zero-order valence-corrected chi connectivity index (χ0v) is 30.5. The van der Waals surface area contributed by atoms with E-state index in [0.29, 0.717) is 48.0 Å². The van der Waals surface area contributed by atoms with Crippen LogP contribution in [-0.2, 0) is 36.3 Å². The number of nitrogens with one attached hydrogen (secondary N) is 1. The molecule has 0 radical (unpaired) electrons. The fourth-order valence-corrected chi connectivity index (χ4v) is 7.37. The maximum absolute atomic E-state index is 11.9. The number of phenols is 1. The lowest BCUT2D eigenvalue weighted by Crippen LogP contribution is -2.45. The van der Waals surface area contributed by atoms with Gasteiger partial charge in [0.2, 0.25) is 5.91 Å². The second-order valence-corrected chi connectivity index (χ2v) is 14.7. The number of amides is 2. The number of phenolic OH excluding ortho intramolecular Hbond substituents is 1. The number of carbonyl (C=O) groups excluding carboxylic acids is 2. The van der Waals surface area contributed by atoms with E-state index in [2.05, 4.69) is 10.5 Å². The van der Waals surface area contributed by atoms with Crippen molar-refractivity contribution in [2.75, 3.05) is 6.61 Å². The number of aromatic hydroxyl groups is 1. The summed E-state index contributed by atoms with van der Waals surface area (Å²) in [5.74, 6) is 2.73. The fourth-order valence-electron chi connectivity index (χ4n) is 6.51. The van der Waals surface area contributed by atoms with Gasteiger partial charge in [-0.3, -0.25) is 14.9 Å². The number of benzene rings is 4. The number of carbonyl (C=O) groups is 2. The molecule has 0 saturated carbocycles. The molecule has 2 atom stereocenters. The molecule has 1 fully saturated rings.